The molecule has 0 radical (unpaired) electrons. The maximum atomic E-state index is 12.2. The van der Waals surface area contributed by atoms with E-state index in [2.05, 4.69) is 5.32 Å². The van der Waals surface area contributed by atoms with Gasteiger partial charge in [0, 0.05) is 17.4 Å². The lowest BCUT2D eigenvalue weighted by molar-refractivity contribution is 0.102. The SMILES string of the molecule is COc1cc(N)ccc1C(=O)Nc1ccc(CO)cc1. The highest BCUT2D eigenvalue weighted by molar-refractivity contribution is 6.06. The molecule has 0 aliphatic heterocycles. The van der Waals surface area contributed by atoms with Crippen LogP contribution < -0.4 is 15.8 Å². The van der Waals surface area contributed by atoms with E-state index in [1.807, 2.05) is 0 Å². The lowest BCUT2D eigenvalue weighted by Gasteiger charge is -2.10. The van der Waals surface area contributed by atoms with Gasteiger partial charge in [0.15, 0.2) is 0 Å². The van der Waals surface area contributed by atoms with Gasteiger partial charge < -0.3 is 20.9 Å². The Morgan fingerprint density at radius 1 is 1.25 bits per heavy atom. The molecule has 4 N–H and O–H groups in total. The van der Waals surface area contributed by atoms with Crippen molar-refractivity contribution < 1.29 is 14.6 Å². The van der Waals surface area contributed by atoms with Gasteiger partial charge >= 0.3 is 0 Å². The Kier molecular flexibility index (Phi) is 4.22. The molecule has 5 nitrogen and oxygen atoms in total. The quantitative estimate of drug-likeness (QED) is 0.743. The molecule has 5 heteroatoms. The Morgan fingerprint density at radius 3 is 2.55 bits per heavy atom. The van der Waals surface area contributed by atoms with E-state index >= 15 is 0 Å². The molecule has 0 bridgehead atoms. The molecule has 0 aromatic heterocycles. The van der Waals surface area contributed by atoms with Crippen LogP contribution in [0.15, 0.2) is 42.5 Å². The Balaban J connectivity index is 2.19. The van der Waals surface area contributed by atoms with E-state index in [4.69, 9.17) is 15.6 Å². The van der Waals surface area contributed by atoms with Gasteiger partial charge in [-0.15, -0.1) is 0 Å². The summed E-state index contributed by atoms with van der Waals surface area (Å²) in [4.78, 5) is 12.2. The number of methoxy groups -OCH3 is 1. The summed E-state index contributed by atoms with van der Waals surface area (Å²) in [6.07, 6.45) is 0. The maximum Gasteiger partial charge on any atom is 0.259 e. The summed E-state index contributed by atoms with van der Waals surface area (Å²) in [7, 11) is 1.49. The van der Waals surface area contributed by atoms with E-state index in [0.717, 1.165) is 5.56 Å². The van der Waals surface area contributed by atoms with Crippen molar-refractivity contribution in [2.75, 3.05) is 18.2 Å². The van der Waals surface area contributed by atoms with Crippen LogP contribution in [0.4, 0.5) is 11.4 Å². The maximum absolute atomic E-state index is 12.2. The predicted octanol–water partition coefficient (Wildman–Crippen LogP) is 2.02. The molecule has 1 amide bonds. The van der Waals surface area contributed by atoms with Gasteiger partial charge in [0.2, 0.25) is 0 Å². The summed E-state index contributed by atoms with van der Waals surface area (Å²) in [5, 5.41) is 11.7. The third-order valence-electron chi connectivity index (χ3n) is 2.86. The lowest BCUT2D eigenvalue weighted by atomic mass is 10.1. The molecular weight excluding hydrogens is 256 g/mol. The highest BCUT2D eigenvalue weighted by Gasteiger charge is 2.12. The van der Waals surface area contributed by atoms with Crippen molar-refractivity contribution in [1.82, 2.24) is 0 Å². The summed E-state index contributed by atoms with van der Waals surface area (Å²) in [6.45, 7) is -0.0278. The number of hydrogen-bond donors (Lipinski definition) is 3. The summed E-state index contributed by atoms with van der Waals surface area (Å²) in [5.41, 5.74) is 8.03. The van der Waals surface area contributed by atoms with Crippen LogP contribution in [0.25, 0.3) is 0 Å². The number of anilines is 2. The van der Waals surface area contributed by atoms with Gasteiger partial charge in [0.05, 0.1) is 19.3 Å². The van der Waals surface area contributed by atoms with Crippen molar-refractivity contribution in [3.05, 3.63) is 53.6 Å². The number of carbonyl (C=O) groups is 1. The van der Waals surface area contributed by atoms with Crippen molar-refractivity contribution in [1.29, 1.82) is 0 Å². The fourth-order valence-corrected chi connectivity index (χ4v) is 1.79. The average molecular weight is 272 g/mol. The smallest absolute Gasteiger partial charge is 0.259 e. The summed E-state index contributed by atoms with van der Waals surface area (Å²) >= 11 is 0. The number of aliphatic hydroxyl groups excluding tert-OH is 1. The van der Waals surface area contributed by atoms with Crippen molar-refractivity contribution >= 4 is 17.3 Å². The number of ether oxygens (including phenoxy) is 1. The first kappa shape index (κ1) is 13.9. The fourth-order valence-electron chi connectivity index (χ4n) is 1.79. The zero-order valence-corrected chi connectivity index (χ0v) is 11.1. The standard InChI is InChI=1S/C15H16N2O3/c1-20-14-8-11(16)4-7-13(14)15(19)17-12-5-2-10(9-18)3-6-12/h2-8,18H,9,16H2,1H3,(H,17,19). The molecular formula is C15H16N2O3. The summed E-state index contributed by atoms with van der Waals surface area (Å²) < 4.78 is 5.15. The zero-order valence-electron chi connectivity index (χ0n) is 11.1. The fraction of sp³-hybridized carbons (Fsp3) is 0.133. The van der Waals surface area contributed by atoms with Crippen LogP contribution in [-0.4, -0.2) is 18.1 Å². The molecule has 0 unspecified atom stereocenters. The molecule has 0 fully saturated rings. The van der Waals surface area contributed by atoms with Crippen LogP contribution in [0, 0.1) is 0 Å². The van der Waals surface area contributed by atoms with E-state index in [1.165, 1.54) is 7.11 Å². The van der Waals surface area contributed by atoms with Crippen LogP contribution in [0.3, 0.4) is 0 Å². The van der Waals surface area contributed by atoms with Gasteiger partial charge in [0.25, 0.3) is 5.91 Å². The van der Waals surface area contributed by atoms with Crippen molar-refractivity contribution in [3.8, 4) is 5.75 Å². The van der Waals surface area contributed by atoms with Gasteiger partial charge in [0.1, 0.15) is 5.75 Å². The summed E-state index contributed by atoms with van der Waals surface area (Å²) in [5.74, 6) is 0.146. The second kappa shape index (κ2) is 6.08. The Bertz CT molecular complexity index is 609. The summed E-state index contributed by atoms with van der Waals surface area (Å²) in [6, 6.07) is 11.8. The van der Waals surface area contributed by atoms with Crippen LogP contribution in [0.2, 0.25) is 0 Å². The molecule has 104 valence electrons. The molecule has 0 heterocycles. The molecule has 2 aromatic rings. The van der Waals surface area contributed by atoms with Crippen LogP contribution in [0.1, 0.15) is 15.9 Å². The largest absolute Gasteiger partial charge is 0.496 e. The van der Waals surface area contributed by atoms with Gasteiger partial charge in [-0.1, -0.05) is 12.1 Å². The van der Waals surface area contributed by atoms with E-state index in [-0.39, 0.29) is 12.5 Å². The number of hydrogen-bond acceptors (Lipinski definition) is 4. The first-order chi connectivity index (χ1) is 9.63. The van der Waals surface area contributed by atoms with Crippen LogP contribution >= 0.6 is 0 Å². The number of nitrogens with two attached hydrogens (primary N) is 1. The third kappa shape index (κ3) is 3.07. The normalized spacial score (nSPS) is 10.1. The molecule has 0 saturated carbocycles. The van der Waals surface area contributed by atoms with Crippen molar-refractivity contribution in [3.63, 3.8) is 0 Å². The minimum atomic E-state index is -0.279. The number of benzene rings is 2. The number of nitrogens with one attached hydrogen (secondary N) is 1. The monoisotopic (exact) mass is 272 g/mol. The minimum Gasteiger partial charge on any atom is -0.496 e. The minimum absolute atomic E-state index is 0.0278. The average Bonchev–Trinajstić information content (AvgIpc) is 2.47. The molecule has 0 aliphatic rings. The Hall–Kier alpha value is -2.53. The molecule has 0 saturated heterocycles. The highest BCUT2D eigenvalue weighted by atomic mass is 16.5. The first-order valence-corrected chi connectivity index (χ1v) is 6.08. The van der Waals surface area contributed by atoms with E-state index in [1.54, 1.807) is 42.5 Å². The highest BCUT2D eigenvalue weighted by Crippen LogP contribution is 2.22. The second-order valence-electron chi connectivity index (χ2n) is 4.27. The zero-order chi connectivity index (χ0) is 14.5. The van der Waals surface area contributed by atoms with Crippen LogP contribution in [0.5, 0.6) is 5.75 Å². The van der Waals surface area contributed by atoms with Gasteiger partial charge in [-0.2, -0.15) is 0 Å². The van der Waals surface area contributed by atoms with E-state index < -0.39 is 0 Å². The van der Waals surface area contributed by atoms with E-state index in [0.29, 0.717) is 22.7 Å². The third-order valence-corrected chi connectivity index (χ3v) is 2.86. The first-order valence-electron chi connectivity index (χ1n) is 6.08. The molecule has 0 atom stereocenters. The molecule has 2 rings (SSSR count). The van der Waals surface area contributed by atoms with Gasteiger partial charge in [-0.3, -0.25) is 4.79 Å². The predicted molar refractivity (Wildman–Crippen MR) is 77.7 cm³/mol. The van der Waals surface area contributed by atoms with Gasteiger partial charge in [-0.05, 0) is 29.8 Å². The topological polar surface area (TPSA) is 84.6 Å². The molecule has 0 aliphatic carbocycles. The van der Waals surface area contributed by atoms with E-state index in [9.17, 15) is 4.79 Å². The second-order valence-corrected chi connectivity index (χ2v) is 4.27. The number of rotatable bonds is 4. The Labute approximate surface area is 117 Å². The molecule has 0 spiro atoms. The molecule has 2 aromatic carbocycles. The number of nitrogen functional groups attached to an aromatic ring is 1. The van der Waals surface area contributed by atoms with Gasteiger partial charge in [-0.25, -0.2) is 0 Å². The number of aliphatic hydroxyl groups is 1. The molecule has 20 heavy (non-hydrogen) atoms. The number of amides is 1. The number of carbonyl (C=O) groups excluding carboxylic acids is 1. The Morgan fingerprint density at radius 2 is 1.95 bits per heavy atom. The van der Waals surface area contributed by atoms with Crippen LogP contribution in [-0.2, 0) is 6.61 Å². The van der Waals surface area contributed by atoms with Crippen molar-refractivity contribution in [2.45, 2.75) is 6.61 Å². The lowest BCUT2D eigenvalue weighted by Crippen LogP contribution is -2.13. The van der Waals surface area contributed by atoms with Crippen molar-refractivity contribution in [2.24, 2.45) is 0 Å².